The molecule has 1 heterocycles. The molecule has 0 aliphatic carbocycles. The van der Waals surface area contributed by atoms with Crippen molar-refractivity contribution in [2.45, 2.75) is 37.8 Å². The lowest BCUT2D eigenvalue weighted by Gasteiger charge is -2.24. The van der Waals surface area contributed by atoms with Gasteiger partial charge in [0.15, 0.2) is 5.78 Å². The minimum atomic E-state index is -1.62. The molecule has 12 heteroatoms. The molecule has 1 rings (SSSR count). The highest BCUT2D eigenvalue weighted by atomic mass is 16.4. The minimum absolute atomic E-state index is 0.0663. The Morgan fingerprint density at radius 1 is 1.15 bits per heavy atom. The van der Waals surface area contributed by atoms with Crippen molar-refractivity contribution in [2.75, 3.05) is 13.1 Å². The van der Waals surface area contributed by atoms with E-state index in [1.54, 1.807) is 0 Å². The first-order chi connectivity index (χ1) is 12.6. The second-order valence-corrected chi connectivity index (χ2v) is 5.98. The maximum Gasteiger partial charge on any atom is 0.327 e. The smallest absolute Gasteiger partial charge is 0.327 e. The molecule has 0 unspecified atom stereocenters. The molecule has 0 saturated carbocycles. The van der Waals surface area contributed by atoms with Gasteiger partial charge in [-0.3, -0.25) is 24.0 Å². The van der Waals surface area contributed by atoms with Gasteiger partial charge in [-0.2, -0.15) is 0 Å². The molecular weight excluding hydrogens is 366 g/mol. The standard InChI is InChI=1S/C15H21N3O9/c16-6-10(19)17-8(1-2-11(20)21)13(24)7-3-4-18(14(7)25)9(15(26)27)5-12(22)23/h7-9H,1-6,16H2,(H,17,19)(H,20,21)(H,22,23)(H,26,27)/t7-,8+,9+/m1/s1. The van der Waals surface area contributed by atoms with Crippen molar-refractivity contribution in [3.8, 4) is 0 Å². The summed E-state index contributed by atoms with van der Waals surface area (Å²) in [4.78, 5) is 70.2. The number of ketones is 1. The molecule has 150 valence electrons. The van der Waals surface area contributed by atoms with Gasteiger partial charge in [-0.15, -0.1) is 0 Å². The molecule has 6 N–H and O–H groups in total. The molecule has 0 radical (unpaired) electrons. The number of Topliss-reactive ketones (excluding diaryl/α,β-unsaturated/α-hetero) is 1. The topological polar surface area (TPSA) is 204 Å². The molecular formula is C15H21N3O9. The second kappa shape index (κ2) is 9.62. The number of hydrogen-bond acceptors (Lipinski definition) is 7. The van der Waals surface area contributed by atoms with E-state index in [0.717, 1.165) is 4.90 Å². The monoisotopic (exact) mass is 387 g/mol. The summed E-state index contributed by atoms with van der Waals surface area (Å²) >= 11 is 0. The van der Waals surface area contributed by atoms with Gasteiger partial charge in [-0.25, -0.2) is 4.79 Å². The van der Waals surface area contributed by atoms with E-state index >= 15 is 0 Å². The van der Waals surface area contributed by atoms with Gasteiger partial charge in [0, 0.05) is 13.0 Å². The van der Waals surface area contributed by atoms with Gasteiger partial charge in [0.05, 0.1) is 19.0 Å². The summed E-state index contributed by atoms with van der Waals surface area (Å²) in [7, 11) is 0. The van der Waals surface area contributed by atoms with Crippen LogP contribution in [-0.4, -0.2) is 80.9 Å². The third-order valence-corrected chi connectivity index (χ3v) is 4.12. The number of carboxylic acids is 3. The molecule has 3 atom stereocenters. The fourth-order valence-corrected chi connectivity index (χ4v) is 2.82. The highest BCUT2D eigenvalue weighted by molar-refractivity contribution is 6.07. The number of carboxylic acid groups (broad SMARTS) is 3. The number of hydrogen-bond donors (Lipinski definition) is 5. The molecule has 2 amide bonds. The number of likely N-dealkylation sites (tertiary alicyclic amines) is 1. The quantitative estimate of drug-likeness (QED) is 0.238. The molecule has 0 spiro atoms. The first-order valence-electron chi connectivity index (χ1n) is 8.08. The molecule has 1 aliphatic heterocycles. The summed E-state index contributed by atoms with van der Waals surface area (Å²) < 4.78 is 0. The SMILES string of the molecule is NCC(=O)N[C@@H](CCC(=O)O)C(=O)[C@H]1CCN([C@@H](CC(=O)O)C(=O)O)C1=O. The molecule has 1 fully saturated rings. The highest BCUT2D eigenvalue weighted by Gasteiger charge is 2.44. The Hall–Kier alpha value is -3.02. The van der Waals surface area contributed by atoms with Crippen molar-refractivity contribution < 1.29 is 44.1 Å². The molecule has 0 aromatic carbocycles. The zero-order chi connectivity index (χ0) is 20.7. The van der Waals surface area contributed by atoms with E-state index in [1.807, 2.05) is 0 Å². The van der Waals surface area contributed by atoms with Gasteiger partial charge >= 0.3 is 17.9 Å². The summed E-state index contributed by atoms with van der Waals surface area (Å²) in [5, 5.41) is 29.0. The van der Waals surface area contributed by atoms with Gasteiger partial charge in [-0.1, -0.05) is 0 Å². The van der Waals surface area contributed by atoms with Crippen molar-refractivity contribution in [2.24, 2.45) is 11.7 Å². The van der Waals surface area contributed by atoms with Crippen LogP contribution < -0.4 is 11.1 Å². The number of aliphatic carboxylic acids is 3. The lowest BCUT2D eigenvalue weighted by Crippen LogP contribution is -2.49. The van der Waals surface area contributed by atoms with Gasteiger partial charge < -0.3 is 31.3 Å². The Balaban J connectivity index is 2.94. The Bertz CT molecular complexity index is 648. The Morgan fingerprint density at radius 3 is 2.26 bits per heavy atom. The van der Waals surface area contributed by atoms with Crippen molar-refractivity contribution >= 4 is 35.5 Å². The summed E-state index contributed by atoms with van der Waals surface area (Å²) in [6.45, 7) is -0.586. The molecule has 27 heavy (non-hydrogen) atoms. The number of nitrogens with one attached hydrogen (secondary N) is 1. The maximum absolute atomic E-state index is 12.6. The van der Waals surface area contributed by atoms with Crippen molar-refractivity contribution in [3.05, 3.63) is 0 Å². The number of nitrogens with zero attached hydrogens (tertiary/aromatic N) is 1. The zero-order valence-electron chi connectivity index (χ0n) is 14.3. The summed E-state index contributed by atoms with van der Waals surface area (Å²) in [5.74, 6) is -7.77. The van der Waals surface area contributed by atoms with E-state index in [1.165, 1.54) is 0 Å². The van der Waals surface area contributed by atoms with Crippen LogP contribution >= 0.6 is 0 Å². The van der Waals surface area contributed by atoms with Gasteiger partial charge in [0.2, 0.25) is 11.8 Å². The van der Waals surface area contributed by atoms with Gasteiger partial charge in [-0.05, 0) is 12.8 Å². The van der Waals surface area contributed by atoms with E-state index in [9.17, 15) is 28.8 Å². The fraction of sp³-hybridized carbons (Fsp3) is 0.600. The van der Waals surface area contributed by atoms with E-state index in [0.29, 0.717) is 0 Å². The predicted molar refractivity (Wildman–Crippen MR) is 86.4 cm³/mol. The summed E-state index contributed by atoms with van der Waals surface area (Å²) in [6, 6.07) is -2.89. The van der Waals surface area contributed by atoms with Crippen LogP contribution in [-0.2, 0) is 28.8 Å². The first kappa shape index (κ1) is 22.0. The van der Waals surface area contributed by atoms with Crippen LogP contribution in [0.2, 0.25) is 0 Å². The fourth-order valence-electron chi connectivity index (χ4n) is 2.82. The zero-order valence-corrected chi connectivity index (χ0v) is 14.3. The Labute approximate surface area is 153 Å². The van der Waals surface area contributed by atoms with Crippen LogP contribution in [0.5, 0.6) is 0 Å². The Kier molecular flexibility index (Phi) is 7.84. The van der Waals surface area contributed by atoms with Crippen LogP contribution in [0.3, 0.4) is 0 Å². The maximum atomic E-state index is 12.6. The van der Waals surface area contributed by atoms with Crippen LogP contribution in [0.25, 0.3) is 0 Å². The van der Waals surface area contributed by atoms with Crippen LogP contribution in [0.15, 0.2) is 0 Å². The van der Waals surface area contributed by atoms with E-state index in [-0.39, 0.29) is 19.4 Å². The van der Waals surface area contributed by atoms with Crippen LogP contribution in [0.1, 0.15) is 25.7 Å². The van der Waals surface area contributed by atoms with Gasteiger partial charge in [0.1, 0.15) is 12.0 Å². The molecule has 1 aliphatic rings. The number of amides is 2. The number of nitrogens with two attached hydrogens (primary N) is 1. The number of carbonyl (C=O) groups is 6. The van der Waals surface area contributed by atoms with E-state index < -0.39 is 72.9 Å². The third-order valence-electron chi connectivity index (χ3n) is 4.12. The number of carbonyl (C=O) groups excluding carboxylic acids is 3. The van der Waals surface area contributed by atoms with Crippen molar-refractivity contribution in [1.82, 2.24) is 10.2 Å². The Morgan fingerprint density at radius 2 is 1.78 bits per heavy atom. The summed E-state index contributed by atoms with van der Waals surface area (Å²) in [5.41, 5.74) is 5.16. The molecule has 1 saturated heterocycles. The number of rotatable bonds is 11. The lowest BCUT2D eigenvalue weighted by molar-refractivity contribution is -0.154. The first-order valence-corrected chi connectivity index (χ1v) is 8.08. The third kappa shape index (κ3) is 6.02. The lowest BCUT2D eigenvalue weighted by atomic mass is 9.93. The summed E-state index contributed by atoms with van der Waals surface area (Å²) in [6.07, 6.45) is -1.60. The second-order valence-electron chi connectivity index (χ2n) is 5.98. The van der Waals surface area contributed by atoms with E-state index in [2.05, 4.69) is 5.32 Å². The van der Waals surface area contributed by atoms with E-state index in [4.69, 9.17) is 21.1 Å². The van der Waals surface area contributed by atoms with Crippen molar-refractivity contribution in [1.29, 1.82) is 0 Å². The minimum Gasteiger partial charge on any atom is -0.481 e. The average molecular weight is 387 g/mol. The van der Waals surface area contributed by atoms with Crippen molar-refractivity contribution in [3.63, 3.8) is 0 Å². The highest BCUT2D eigenvalue weighted by Crippen LogP contribution is 2.25. The molecule has 0 bridgehead atoms. The average Bonchev–Trinajstić information content (AvgIpc) is 2.96. The normalized spacial score (nSPS) is 18.6. The molecule has 0 aromatic heterocycles. The van der Waals surface area contributed by atoms with Crippen LogP contribution in [0.4, 0.5) is 0 Å². The largest absolute Gasteiger partial charge is 0.481 e. The van der Waals surface area contributed by atoms with Crippen LogP contribution in [0, 0.1) is 5.92 Å². The predicted octanol–water partition coefficient (Wildman–Crippen LogP) is -2.36. The molecule has 0 aromatic rings. The molecule has 12 nitrogen and oxygen atoms in total. The van der Waals surface area contributed by atoms with Gasteiger partial charge in [0.25, 0.3) is 0 Å².